The Morgan fingerprint density at radius 3 is 3.00 bits per heavy atom. The van der Waals surface area contributed by atoms with Gasteiger partial charge in [-0.3, -0.25) is 10.1 Å². The SMILES string of the molecule is CN1CC[C@@H](Nc2c([N+](=O)[O-])cnc3ccc(I)cc23)C1. The van der Waals surface area contributed by atoms with E-state index in [1.165, 1.54) is 6.20 Å². The minimum absolute atomic E-state index is 0.0408. The summed E-state index contributed by atoms with van der Waals surface area (Å²) in [5.41, 5.74) is 1.40. The first-order valence-electron chi connectivity index (χ1n) is 6.72. The number of benzene rings is 1. The minimum atomic E-state index is -0.368. The molecule has 0 radical (unpaired) electrons. The van der Waals surface area contributed by atoms with E-state index in [9.17, 15) is 10.1 Å². The molecule has 1 aliphatic heterocycles. The van der Waals surface area contributed by atoms with Gasteiger partial charge in [0.15, 0.2) is 0 Å². The molecule has 1 N–H and O–H groups in total. The number of nitrogens with one attached hydrogen (secondary N) is 1. The Morgan fingerprint density at radius 1 is 1.52 bits per heavy atom. The number of rotatable bonds is 3. The van der Waals surface area contributed by atoms with E-state index >= 15 is 0 Å². The molecule has 0 aliphatic carbocycles. The highest BCUT2D eigenvalue weighted by Crippen LogP contribution is 2.33. The number of nitro groups is 1. The van der Waals surface area contributed by atoms with Gasteiger partial charge in [0.05, 0.1) is 10.4 Å². The largest absolute Gasteiger partial charge is 0.375 e. The number of halogens is 1. The van der Waals surface area contributed by atoms with Gasteiger partial charge in [-0.1, -0.05) is 0 Å². The molecule has 1 aliphatic rings. The second kappa shape index (κ2) is 5.72. The van der Waals surface area contributed by atoms with E-state index in [1.807, 2.05) is 18.2 Å². The average molecular weight is 398 g/mol. The second-order valence-electron chi connectivity index (χ2n) is 5.33. The van der Waals surface area contributed by atoms with Crippen molar-refractivity contribution in [2.24, 2.45) is 0 Å². The Labute approximate surface area is 135 Å². The van der Waals surface area contributed by atoms with Crippen molar-refractivity contribution in [3.63, 3.8) is 0 Å². The number of anilines is 1. The van der Waals surface area contributed by atoms with Crippen molar-refractivity contribution in [1.29, 1.82) is 0 Å². The molecule has 1 aromatic heterocycles. The Balaban J connectivity index is 2.09. The normalized spacial score (nSPS) is 19.0. The second-order valence-corrected chi connectivity index (χ2v) is 6.57. The standard InChI is InChI=1S/C14H15IN4O2/c1-18-5-4-10(8-18)17-14-11-6-9(15)2-3-12(11)16-7-13(14)19(20)21/h2-3,6-7,10H,4-5,8H2,1H3,(H,16,17)/t10-/m1/s1. The number of fused-ring (bicyclic) bond motifs is 1. The summed E-state index contributed by atoms with van der Waals surface area (Å²) in [5.74, 6) is 0. The molecular formula is C14H15IN4O2. The summed E-state index contributed by atoms with van der Waals surface area (Å²) in [6.07, 6.45) is 2.33. The van der Waals surface area contributed by atoms with E-state index in [4.69, 9.17) is 0 Å². The maximum absolute atomic E-state index is 11.3. The number of likely N-dealkylation sites (tertiary alicyclic amines) is 1. The Kier molecular flexibility index (Phi) is 3.94. The van der Waals surface area contributed by atoms with Crippen LogP contribution in [0.2, 0.25) is 0 Å². The van der Waals surface area contributed by atoms with Gasteiger partial charge in [0, 0.05) is 21.5 Å². The van der Waals surface area contributed by atoms with Gasteiger partial charge >= 0.3 is 5.69 Å². The van der Waals surface area contributed by atoms with Crippen LogP contribution in [0.4, 0.5) is 11.4 Å². The maximum atomic E-state index is 11.3. The smallest absolute Gasteiger partial charge is 0.311 e. The molecule has 1 atom stereocenters. The van der Waals surface area contributed by atoms with Crippen LogP contribution in [-0.2, 0) is 0 Å². The molecule has 0 spiro atoms. The van der Waals surface area contributed by atoms with Crippen LogP contribution in [0.25, 0.3) is 10.9 Å². The van der Waals surface area contributed by atoms with Crippen molar-refractivity contribution in [2.45, 2.75) is 12.5 Å². The van der Waals surface area contributed by atoms with Crippen molar-refractivity contribution in [3.05, 3.63) is 38.1 Å². The highest BCUT2D eigenvalue weighted by atomic mass is 127. The van der Waals surface area contributed by atoms with Crippen LogP contribution >= 0.6 is 22.6 Å². The molecule has 7 heteroatoms. The summed E-state index contributed by atoms with van der Waals surface area (Å²) < 4.78 is 1.04. The zero-order valence-corrected chi connectivity index (χ0v) is 13.7. The summed E-state index contributed by atoms with van der Waals surface area (Å²) in [6.45, 7) is 1.90. The minimum Gasteiger partial charge on any atom is -0.375 e. The van der Waals surface area contributed by atoms with E-state index in [0.717, 1.165) is 34.0 Å². The van der Waals surface area contributed by atoms with E-state index in [0.29, 0.717) is 5.69 Å². The fourth-order valence-electron chi connectivity index (χ4n) is 2.70. The molecule has 2 aromatic rings. The Hall–Kier alpha value is -1.48. The first kappa shape index (κ1) is 14.5. The molecule has 1 saturated heterocycles. The topological polar surface area (TPSA) is 71.3 Å². The van der Waals surface area contributed by atoms with Crippen molar-refractivity contribution < 1.29 is 4.92 Å². The van der Waals surface area contributed by atoms with Crippen molar-refractivity contribution in [1.82, 2.24) is 9.88 Å². The van der Waals surface area contributed by atoms with Crippen LogP contribution in [0.15, 0.2) is 24.4 Å². The van der Waals surface area contributed by atoms with Crippen LogP contribution in [0, 0.1) is 13.7 Å². The summed E-state index contributed by atoms with van der Waals surface area (Å²) in [5, 5.41) is 15.5. The fraction of sp³-hybridized carbons (Fsp3) is 0.357. The van der Waals surface area contributed by atoms with Gasteiger partial charge in [-0.2, -0.15) is 0 Å². The number of hydrogen-bond donors (Lipinski definition) is 1. The monoisotopic (exact) mass is 398 g/mol. The maximum Gasteiger partial charge on any atom is 0.311 e. The third-order valence-electron chi connectivity index (χ3n) is 3.75. The molecule has 0 saturated carbocycles. The van der Waals surface area contributed by atoms with E-state index in [2.05, 4.69) is 44.8 Å². The summed E-state index contributed by atoms with van der Waals surface area (Å²) in [4.78, 5) is 17.4. The number of nitrogens with zero attached hydrogens (tertiary/aromatic N) is 3. The van der Waals surface area contributed by atoms with E-state index < -0.39 is 0 Å². The van der Waals surface area contributed by atoms with Gasteiger partial charge in [-0.05, 0) is 60.8 Å². The van der Waals surface area contributed by atoms with Gasteiger partial charge in [-0.15, -0.1) is 0 Å². The number of hydrogen-bond acceptors (Lipinski definition) is 5. The molecule has 1 fully saturated rings. The lowest BCUT2D eigenvalue weighted by molar-refractivity contribution is -0.384. The summed E-state index contributed by atoms with van der Waals surface area (Å²) in [6, 6.07) is 6.02. The Morgan fingerprint density at radius 2 is 2.33 bits per heavy atom. The molecule has 0 bridgehead atoms. The Bertz CT molecular complexity index is 707. The lowest BCUT2D eigenvalue weighted by Crippen LogP contribution is -2.24. The van der Waals surface area contributed by atoms with E-state index in [1.54, 1.807) is 0 Å². The molecule has 0 unspecified atom stereocenters. The van der Waals surface area contributed by atoms with Crippen LogP contribution in [-0.4, -0.2) is 41.0 Å². The van der Waals surface area contributed by atoms with Crippen molar-refractivity contribution in [3.8, 4) is 0 Å². The molecule has 3 rings (SSSR count). The van der Waals surface area contributed by atoms with Crippen LogP contribution in [0.1, 0.15) is 6.42 Å². The van der Waals surface area contributed by atoms with Gasteiger partial charge in [-0.25, -0.2) is 4.98 Å². The molecular weight excluding hydrogens is 383 g/mol. The van der Waals surface area contributed by atoms with E-state index in [-0.39, 0.29) is 16.7 Å². The number of likely N-dealkylation sites (N-methyl/N-ethyl adjacent to an activating group) is 1. The fourth-order valence-corrected chi connectivity index (χ4v) is 3.19. The van der Waals surface area contributed by atoms with Crippen LogP contribution < -0.4 is 5.32 Å². The summed E-state index contributed by atoms with van der Waals surface area (Å²) >= 11 is 2.21. The van der Waals surface area contributed by atoms with Crippen molar-refractivity contribution >= 4 is 44.9 Å². The van der Waals surface area contributed by atoms with Gasteiger partial charge < -0.3 is 10.2 Å². The van der Waals surface area contributed by atoms with Crippen LogP contribution in [0.3, 0.4) is 0 Å². The summed E-state index contributed by atoms with van der Waals surface area (Å²) in [7, 11) is 2.06. The van der Waals surface area contributed by atoms with Gasteiger partial charge in [0.1, 0.15) is 11.9 Å². The first-order chi connectivity index (χ1) is 10.0. The predicted octanol–water partition coefficient (Wildman–Crippen LogP) is 2.86. The molecule has 2 heterocycles. The molecule has 1 aromatic carbocycles. The highest BCUT2D eigenvalue weighted by Gasteiger charge is 2.24. The average Bonchev–Trinajstić information content (AvgIpc) is 2.84. The number of pyridine rings is 1. The predicted molar refractivity (Wildman–Crippen MR) is 90.6 cm³/mol. The molecule has 0 amide bonds. The number of aromatic nitrogens is 1. The first-order valence-corrected chi connectivity index (χ1v) is 7.80. The van der Waals surface area contributed by atoms with Crippen LogP contribution in [0.5, 0.6) is 0 Å². The van der Waals surface area contributed by atoms with Crippen molar-refractivity contribution in [2.75, 3.05) is 25.5 Å². The third-order valence-corrected chi connectivity index (χ3v) is 4.42. The molecule has 110 valence electrons. The highest BCUT2D eigenvalue weighted by molar-refractivity contribution is 14.1. The lowest BCUT2D eigenvalue weighted by Gasteiger charge is -2.16. The third kappa shape index (κ3) is 2.93. The quantitative estimate of drug-likeness (QED) is 0.489. The lowest BCUT2D eigenvalue weighted by atomic mass is 10.1. The molecule has 6 nitrogen and oxygen atoms in total. The van der Waals surface area contributed by atoms with Gasteiger partial charge in [0.2, 0.25) is 0 Å². The van der Waals surface area contributed by atoms with Gasteiger partial charge in [0.25, 0.3) is 0 Å². The zero-order valence-electron chi connectivity index (χ0n) is 11.5. The zero-order chi connectivity index (χ0) is 15.0. The molecule has 21 heavy (non-hydrogen) atoms.